The van der Waals surface area contributed by atoms with Gasteiger partial charge in [-0.15, -0.1) is 0 Å². The van der Waals surface area contributed by atoms with E-state index in [1.165, 1.54) is 35.6 Å². The molecule has 2 aliphatic rings. The highest BCUT2D eigenvalue weighted by Gasteiger charge is 2.47. The summed E-state index contributed by atoms with van der Waals surface area (Å²) in [4.78, 5) is 40.7. The average molecular weight is 484 g/mol. The maximum absolute atomic E-state index is 13.3. The fourth-order valence-electron chi connectivity index (χ4n) is 4.92. The Balaban J connectivity index is 1.58. The van der Waals surface area contributed by atoms with Gasteiger partial charge in [-0.3, -0.25) is 24.6 Å². The Morgan fingerprint density at radius 3 is 2.06 bits per heavy atom. The van der Waals surface area contributed by atoms with Crippen molar-refractivity contribution in [2.24, 2.45) is 0 Å². The van der Waals surface area contributed by atoms with Crippen LogP contribution in [0.15, 0.2) is 84.4 Å². The lowest BCUT2D eigenvalue weighted by Crippen LogP contribution is -2.30. The molecule has 0 radical (unpaired) electrons. The number of anilines is 2. The summed E-state index contributed by atoms with van der Waals surface area (Å²) < 4.78 is 0. The number of Topliss-reactive ketones (excluding diaryl/α,β-unsaturated/α-hetero) is 1. The third kappa shape index (κ3) is 4.22. The van der Waals surface area contributed by atoms with Gasteiger partial charge in [-0.1, -0.05) is 30.3 Å². The van der Waals surface area contributed by atoms with Crippen molar-refractivity contribution in [1.29, 1.82) is 0 Å². The Kier molecular flexibility index (Phi) is 6.25. The van der Waals surface area contributed by atoms with E-state index in [1.54, 1.807) is 24.3 Å². The molecule has 36 heavy (non-hydrogen) atoms. The first-order valence-corrected chi connectivity index (χ1v) is 11.9. The van der Waals surface area contributed by atoms with E-state index >= 15 is 0 Å². The molecule has 0 spiro atoms. The quantitative estimate of drug-likeness (QED) is 0.176. The second-order valence-electron chi connectivity index (χ2n) is 8.95. The van der Waals surface area contributed by atoms with Crippen LogP contribution in [0.1, 0.15) is 36.4 Å². The van der Waals surface area contributed by atoms with E-state index in [4.69, 9.17) is 0 Å². The molecule has 2 heterocycles. The van der Waals surface area contributed by atoms with E-state index in [1.807, 2.05) is 30.3 Å². The van der Waals surface area contributed by atoms with E-state index in [-0.39, 0.29) is 22.6 Å². The number of aliphatic hydroxyl groups excluding tert-OH is 1. The number of non-ortho nitro benzene ring substituents is 1. The van der Waals surface area contributed by atoms with Crippen LogP contribution in [0.2, 0.25) is 0 Å². The van der Waals surface area contributed by atoms with Crippen LogP contribution < -0.4 is 9.80 Å². The summed E-state index contributed by atoms with van der Waals surface area (Å²) in [6.45, 7) is 1.98. The molecule has 0 bridgehead atoms. The van der Waals surface area contributed by atoms with Crippen molar-refractivity contribution in [2.45, 2.75) is 25.3 Å². The van der Waals surface area contributed by atoms with Crippen molar-refractivity contribution in [3.63, 3.8) is 0 Å². The van der Waals surface area contributed by atoms with Gasteiger partial charge in [-0.2, -0.15) is 0 Å². The maximum atomic E-state index is 13.3. The molecule has 2 fully saturated rings. The number of carbonyl (C=O) groups is 2. The number of benzene rings is 3. The lowest BCUT2D eigenvalue weighted by molar-refractivity contribution is -0.384. The number of rotatable bonds is 5. The molecular weight excluding hydrogens is 458 g/mol. The standard InChI is InChI=1S/C28H25N3O5/c32-26(20-9-11-23(12-10-20)31(35)36)24-25(19-7-3-1-4-8-19)30(28(34)27(24)33)22-15-13-21(14-16-22)29-17-5-2-6-18-29/h1,3-4,7-16,25,32H,2,5-6,17-18H2/b26-24-. The molecule has 0 aromatic heterocycles. The van der Waals surface area contributed by atoms with Crippen LogP contribution in [0.25, 0.3) is 5.76 Å². The van der Waals surface area contributed by atoms with Crippen LogP contribution in [-0.2, 0) is 9.59 Å². The molecule has 3 aromatic rings. The summed E-state index contributed by atoms with van der Waals surface area (Å²) in [5.41, 5.74) is 2.31. The van der Waals surface area contributed by atoms with Crippen molar-refractivity contribution in [1.82, 2.24) is 0 Å². The fourth-order valence-corrected chi connectivity index (χ4v) is 4.92. The van der Waals surface area contributed by atoms with Gasteiger partial charge >= 0.3 is 0 Å². The van der Waals surface area contributed by atoms with Crippen LogP contribution in [0.3, 0.4) is 0 Å². The second-order valence-corrected chi connectivity index (χ2v) is 8.95. The molecule has 5 rings (SSSR count). The molecule has 2 saturated heterocycles. The molecule has 182 valence electrons. The number of nitro benzene ring substituents is 1. The summed E-state index contributed by atoms with van der Waals surface area (Å²) in [6, 6.07) is 21.0. The van der Waals surface area contributed by atoms with E-state index in [9.17, 15) is 24.8 Å². The van der Waals surface area contributed by atoms with Crippen LogP contribution in [0.5, 0.6) is 0 Å². The third-order valence-electron chi connectivity index (χ3n) is 6.76. The van der Waals surface area contributed by atoms with Crippen LogP contribution in [-0.4, -0.2) is 34.8 Å². The van der Waals surface area contributed by atoms with Gasteiger partial charge in [0.2, 0.25) is 0 Å². The van der Waals surface area contributed by atoms with E-state index in [0.717, 1.165) is 31.6 Å². The zero-order valence-electron chi connectivity index (χ0n) is 19.5. The Morgan fingerprint density at radius 1 is 0.833 bits per heavy atom. The minimum absolute atomic E-state index is 0.0554. The van der Waals surface area contributed by atoms with Crippen molar-refractivity contribution in [3.8, 4) is 0 Å². The average Bonchev–Trinajstić information content (AvgIpc) is 3.19. The van der Waals surface area contributed by atoms with Gasteiger partial charge in [0.25, 0.3) is 17.4 Å². The molecule has 8 heteroatoms. The van der Waals surface area contributed by atoms with E-state index in [0.29, 0.717) is 11.3 Å². The number of carbonyl (C=O) groups excluding carboxylic acids is 2. The molecule has 0 aliphatic carbocycles. The molecule has 1 unspecified atom stereocenters. The summed E-state index contributed by atoms with van der Waals surface area (Å²) in [7, 11) is 0. The fraction of sp³-hybridized carbons (Fsp3) is 0.214. The highest BCUT2D eigenvalue weighted by Crippen LogP contribution is 2.42. The highest BCUT2D eigenvalue weighted by molar-refractivity contribution is 6.51. The summed E-state index contributed by atoms with van der Waals surface area (Å²) in [6.07, 6.45) is 3.52. The second kappa shape index (κ2) is 9.65. The Bertz CT molecular complexity index is 1330. The first-order chi connectivity index (χ1) is 17.5. The molecular formula is C28H25N3O5. The van der Waals surface area contributed by atoms with Gasteiger partial charge in [0, 0.05) is 42.2 Å². The van der Waals surface area contributed by atoms with Crippen molar-refractivity contribution < 1.29 is 19.6 Å². The number of nitrogens with zero attached hydrogens (tertiary/aromatic N) is 3. The minimum Gasteiger partial charge on any atom is -0.507 e. The van der Waals surface area contributed by atoms with Gasteiger partial charge in [0.05, 0.1) is 16.5 Å². The number of piperidine rings is 1. The van der Waals surface area contributed by atoms with Crippen LogP contribution >= 0.6 is 0 Å². The number of nitro groups is 1. The molecule has 1 N–H and O–H groups in total. The van der Waals surface area contributed by atoms with E-state index in [2.05, 4.69) is 4.90 Å². The predicted molar refractivity (Wildman–Crippen MR) is 137 cm³/mol. The monoisotopic (exact) mass is 483 g/mol. The van der Waals surface area contributed by atoms with Crippen molar-refractivity contribution >= 4 is 34.5 Å². The zero-order chi connectivity index (χ0) is 25.2. The van der Waals surface area contributed by atoms with E-state index < -0.39 is 22.7 Å². The summed E-state index contributed by atoms with van der Waals surface area (Å²) in [5, 5.41) is 22.2. The number of amides is 1. The third-order valence-corrected chi connectivity index (χ3v) is 6.76. The number of hydrogen-bond donors (Lipinski definition) is 1. The van der Waals surface area contributed by atoms with Gasteiger partial charge in [0.1, 0.15) is 5.76 Å². The Hall–Kier alpha value is -4.46. The molecule has 1 atom stereocenters. The minimum atomic E-state index is -0.845. The molecule has 2 aliphatic heterocycles. The highest BCUT2D eigenvalue weighted by atomic mass is 16.6. The van der Waals surface area contributed by atoms with Crippen molar-refractivity contribution in [2.75, 3.05) is 22.9 Å². The molecule has 3 aromatic carbocycles. The lowest BCUT2D eigenvalue weighted by Gasteiger charge is -2.30. The SMILES string of the molecule is O=C1C(=O)N(c2ccc(N3CCCCC3)cc2)C(c2ccccc2)/C1=C(/O)c1ccc([N+](=O)[O-])cc1. The molecule has 0 saturated carbocycles. The molecule has 1 amide bonds. The smallest absolute Gasteiger partial charge is 0.300 e. The van der Waals surface area contributed by atoms with Crippen LogP contribution in [0, 0.1) is 10.1 Å². The normalized spacial score (nSPS) is 19.5. The summed E-state index contributed by atoms with van der Waals surface area (Å²) >= 11 is 0. The first kappa shape index (κ1) is 23.3. The number of hydrogen-bond acceptors (Lipinski definition) is 6. The maximum Gasteiger partial charge on any atom is 0.300 e. The van der Waals surface area contributed by atoms with Gasteiger partial charge in [-0.05, 0) is 61.2 Å². The van der Waals surface area contributed by atoms with Crippen molar-refractivity contribution in [3.05, 3.63) is 106 Å². The largest absolute Gasteiger partial charge is 0.507 e. The predicted octanol–water partition coefficient (Wildman–Crippen LogP) is 5.21. The molecule has 8 nitrogen and oxygen atoms in total. The zero-order valence-corrected chi connectivity index (χ0v) is 19.5. The van der Waals surface area contributed by atoms with Gasteiger partial charge < -0.3 is 10.0 Å². The van der Waals surface area contributed by atoms with Crippen LogP contribution in [0.4, 0.5) is 17.1 Å². The van der Waals surface area contributed by atoms with Gasteiger partial charge in [-0.25, -0.2) is 0 Å². The number of ketones is 1. The van der Waals surface area contributed by atoms with Gasteiger partial charge in [0.15, 0.2) is 0 Å². The lowest BCUT2D eigenvalue weighted by atomic mass is 9.95. The topological polar surface area (TPSA) is 104 Å². The summed E-state index contributed by atoms with van der Waals surface area (Å²) in [5.74, 6) is -1.91. The Morgan fingerprint density at radius 2 is 1.44 bits per heavy atom. The number of aliphatic hydroxyl groups is 1. The first-order valence-electron chi connectivity index (χ1n) is 11.9. The Labute approximate surface area is 208 Å².